The van der Waals surface area contributed by atoms with Gasteiger partial charge in [0.15, 0.2) is 0 Å². The van der Waals surface area contributed by atoms with Crippen molar-refractivity contribution in [2.45, 2.75) is 26.3 Å². The van der Waals surface area contributed by atoms with Crippen molar-refractivity contribution in [1.29, 1.82) is 0 Å². The van der Waals surface area contributed by atoms with Crippen LogP contribution in [0.2, 0.25) is 0 Å². The van der Waals surface area contributed by atoms with Gasteiger partial charge in [-0.3, -0.25) is 5.32 Å². The molecule has 1 nitrogen and oxygen atoms in total. The lowest BCUT2D eigenvalue weighted by molar-refractivity contribution is 0.513. The summed E-state index contributed by atoms with van der Waals surface area (Å²) in [5.41, 5.74) is 0.218. The number of hydrogen-bond acceptors (Lipinski definition) is 2. The van der Waals surface area contributed by atoms with Gasteiger partial charge in [0, 0.05) is 11.4 Å². The van der Waals surface area contributed by atoms with E-state index >= 15 is 0 Å². The van der Waals surface area contributed by atoms with Gasteiger partial charge >= 0.3 is 0 Å². The maximum Gasteiger partial charge on any atom is 0.0468 e. The summed E-state index contributed by atoms with van der Waals surface area (Å²) in [7, 11) is 0. The number of rotatable bonds is 0. The number of thioether (sulfide) groups is 1. The second kappa shape index (κ2) is 2.35. The molecule has 0 aromatic carbocycles. The molecule has 0 fully saturated rings. The van der Waals surface area contributed by atoms with Crippen molar-refractivity contribution in [3.8, 4) is 0 Å². The molecule has 0 aromatic rings. The van der Waals surface area contributed by atoms with Crippen molar-refractivity contribution >= 4 is 11.8 Å². The monoisotopic (exact) mass is 143 g/mol. The fraction of sp³-hybridized carbons (Fsp3) is 0.714. The van der Waals surface area contributed by atoms with Gasteiger partial charge in [0.1, 0.15) is 0 Å². The Balaban J connectivity index is 2.68. The molecule has 0 aliphatic carbocycles. The lowest BCUT2D eigenvalue weighted by atomic mass is 10.1. The summed E-state index contributed by atoms with van der Waals surface area (Å²) in [4.78, 5) is 1.43. The highest BCUT2D eigenvalue weighted by Crippen LogP contribution is 2.23. The van der Waals surface area contributed by atoms with Crippen molar-refractivity contribution in [3.05, 3.63) is 11.0 Å². The Morgan fingerprint density at radius 3 is 2.67 bits per heavy atom. The van der Waals surface area contributed by atoms with Crippen molar-refractivity contribution in [3.63, 3.8) is 0 Å². The fourth-order valence-corrected chi connectivity index (χ4v) is 1.99. The molecular formula is C7H13NS. The van der Waals surface area contributed by atoms with E-state index in [-0.39, 0.29) is 5.54 Å². The molecule has 1 aliphatic heterocycles. The van der Waals surface area contributed by atoms with Gasteiger partial charge in [-0.1, -0.05) is 6.08 Å². The summed E-state index contributed by atoms with van der Waals surface area (Å²) >= 11 is 1.87. The van der Waals surface area contributed by atoms with Gasteiger partial charge in [-0.05, 0) is 25.7 Å². The van der Waals surface area contributed by atoms with E-state index in [0.717, 1.165) is 5.88 Å². The molecule has 0 aromatic heterocycles. The highest BCUT2D eigenvalue weighted by Gasteiger charge is 2.17. The number of nitrogens with one attached hydrogen (secondary N) is 1. The highest BCUT2D eigenvalue weighted by atomic mass is 32.2. The molecule has 1 rings (SSSR count). The fourth-order valence-electron chi connectivity index (χ4n) is 0.937. The van der Waals surface area contributed by atoms with Gasteiger partial charge in [0.05, 0.1) is 0 Å². The van der Waals surface area contributed by atoms with Crippen LogP contribution < -0.4 is 5.32 Å². The molecule has 0 saturated carbocycles. The van der Waals surface area contributed by atoms with Crippen LogP contribution in [-0.4, -0.2) is 11.4 Å². The minimum absolute atomic E-state index is 0.218. The molecule has 0 saturated heterocycles. The molecule has 0 spiro atoms. The predicted octanol–water partition coefficient (Wildman–Crippen LogP) is 1.96. The Bertz CT molecular complexity index is 138. The zero-order chi connectivity index (χ0) is 6.91. The first-order chi connectivity index (χ1) is 4.10. The third kappa shape index (κ3) is 2.03. The first kappa shape index (κ1) is 7.16. The van der Waals surface area contributed by atoms with Crippen LogP contribution in [0.25, 0.3) is 0 Å². The zero-order valence-electron chi connectivity index (χ0n) is 6.19. The van der Waals surface area contributed by atoms with Crippen molar-refractivity contribution in [2.24, 2.45) is 0 Å². The summed E-state index contributed by atoms with van der Waals surface area (Å²) in [5.74, 6) is 1.05. The van der Waals surface area contributed by atoms with Crippen LogP contribution in [0.1, 0.15) is 20.8 Å². The molecule has 1 aliphatic rings. The summed E-state index contributed by atoms with van der Waals surface area (Å²) < 4.78 is 0. The summed E-state index contributed by atoms with van der Waals surface area (Å²) in [6.45, 7) is 6.54. The lowest BCUT2D eigenvalue weighted by Crippen LogP contribution is -2.39. The van der Waals surface area contributed by atoms with Crippen LogP contribution in [0.15, 0.2) is 11.0 Å². The molecule has 0 unspecified atom stereocenters. The van der Waals surface area contributed by atoms with Crippen LogP contribution in [0.3, 0.4) is 0 Å². The maximum atomic E-state index is 3.38. The van der Waals surface area contributed by atoms with Gasteiger partial charge in [0.2, 0.25) is 0 Å². The third-order valence-corrected chi connectivity index (χ3v) is 2.25. The van der Waals surface area contributed by atoms with Crippen molar-refractivity contribution in [1.82, 2.24) is 5.32 Å². The quantitative estimate of drug-likeness (QED) is 0.556. The van der Waals surface area contributed by atoms with E-state index in [1.54, 1.807) is 0 Å². The zero-order valence-corrected chi connectivity index (χ0v) is 7.01. The molecule has 2 heteroatoms. The molecule has 52 valence electrons. The van der Waals surface area contributed by atoms with E-state index in [1.807, 2.05) is 11.8 Å². The Hall–Kier alpha value is 0.0500. The summed E-state index contributed by atoms with van der Waals surface area (Å²) in [6, 6.07) is 0. The van der Waals surface area contributed by atoms with E-state index in [9.17, 15) is 0 Å². The molecule has 0 radical (unpaired) electrons. The Kier molecular flexibility index (Phi) is 1.87. The topological polar surface area (TPSA) is 12.0 Å². The van der Waals surface area contributed by atoms with E-state index in [2.05, 4.69) is 32.2 Å². The normalized spacial score (nSPS) is 25.4. The van der Waals surface area contributed by atoms with E-state index in [1.165, 1.54) is 4.91 Å². The lowest BCUT2D eigenvalue weighted by Gasteiger charge is -2.27. The highest BCUT2D eigenvalue weighted by molar-refractivity contribution is 8.03. The Morgan fingerprint density at radius 2 is 2.33 bits per heavy atom. The molecule has 1 N–H and O–H groups in total. The largest absolute Gasteiger partial charge is 0.299 e. The molecular weight excluding hydrogens is 130 g/mol. The average Bonchev–Trinajstić information content (AvgIpc) is 1.60. The predicted molar refractivity (Wildman–Crippen MR) is 43.4 cm³/mol. The third-order valence-electron chi connectivity index (χ3n) is 1.39. The van der Waals surface area contributed by atoms with E-state index in [4.69, 9.17) is 0 Å². The van der Waals surface area contributed by atoms with E-state index < -0.39 is 0 Å². The SMILES string of the molecule is CC1=CC(C)(C)NCS1. The van der Waals surface area contributed by atoms with Gasteiger partial charge in [-0.15, -0.1) is 11.8 Å². The molecule has 0 bridgehead atoms. The minimum atomic E-state index is 0.218. The Morgan fingerprint density at radius 1 is 1.67 bits per heavy atom. The first-order valence-corrected chi connectivity index (χ1v) is 4.16. The molecule has 0 atom stereocenters. The standard InChI is InChI=1S/C7H13NS/c1-6-4-7(2,3)8-5-9-6/h4,8H,5H2,1-3H3. The van der Waals surface area contributed by atoms with Crippen molar-refractivity contribution < 1.29 is 0 Å². The minimum Gasteiger partial charge on any atom is -0.299 e. The van der Waals surface area contributed by atoms with Gasteiger partial charge in [0.25, 0.3) is 0 Å². The smallest absolute Gasteiger partial charge is 0.0468 e. The van der Waals surface area contributed by atoms with Crippen LogP contribution in [-0.2, 0) is 0 Å². The van der Waals surface area contributed by atoms with Gasteiger partial charge in [-0.25, -0.2) is 0 Å². The number of allylic oxidation sites excluding steroid dienone is 1. The average molecular weight is 143 g/mol. The summed E-state index contributed by atoms with van der Waals surface area (Å²) in [6.07, 6.45) is 2.27. The summed E-state index contributed by atoms with van der Waals surface area (Å²) in [5, 5.41) is 3.38. The van der Waals surface area contributed by atoms with Crippen molar-refractivity contribution in [2.75, 3.05) is 5.88 Å². The van der Waals surface area contributed by atoms with Crippen LogP contribution in [0.5, 0.6) is 0 Å². The number of hydrogen-bond donors (Lipinski definition) is 1. The second-order valence-corrected chi connectivity index (χ2v) is 4.16. The first-order valence-electron chi connectivity index (χ1n) is 3.17. The van der Waals surface area contributed by atoms with Crippen LogP contribution in [0, 0.1) is 0 Å². The second-order valence-electron chi connectivity index (χ2n) is 2.94. The molecule has 1 heterocycles. The Labute approximate surface area is 60.9 Å². The van der Waals surface area contributed by atoms with Crippen LogP contribution in [0.4, 0.5) is 0 Å². The molecule has 0 amide bonds. The van der Waals surface area contributed by atoms with Crippen LogP contribution >= 0.6 is 11.8 Å². The maximum absolute atomic E-state index is 3.38. The molecule has 9 heavy (non-hydrogen) atoms. The van der Waals surface area contributed by atoms with Gasteiger partial charge < -0.3 is 0 Å². The van der Waals surface area contributed by atoms with Gasteiger partial charge in [-0.2, -0.15) is 0 Å². The van der Waals surface area contributed by atoms with E-state index in [0.29, 0.717) is 0 Å².